The van der Waals surface area contributed by atoms with Gasteiger partial charge >= 0.3 is 0 Å². The van der Waals surface area contributed by atoms with Crippen molar-refractivity contribution in [3.8, 4) is 0 Å². The molecule has 2 aliphatic rings. The molecule has 4 rings (SSSR count). The van der Waals surface area contributed by atoms with Crippen molar-refractivity contribution in [1.29, 1.82) is 0 Å². The Morgan fingerprint density at radius 2 is 1.89 bits per heavy atom. The molecule has 2 aromatic heterocycles. The lowest BCUT2D eigenvalue weighted by Gasteiger charge is -2.33. The molecule has 0 amide bonds. The van der Waals surface area contributed by atoms with Gasteiger partial charge in [0.1, 0.15) is 23.3 Å². The van der Waals surface area contributed by atoms with E-state index < -0.39 is 0 Å². The van der Waals surface area contributed by atoms with Gasteiger partial charge in [-0.1, -0.05) is 6.92 Å². The Morgan fingerprint density at radius 1 is 1.07 bits per heavy atom. The fourth-order valence-electron chi connectivity index (χ4n) is 4.36. The zero-order valence-corrected chi connectivity index (χ0v) is 16.9. The second-order valence-electron chi connectivity index (χ2n) is 7.92. The van der Waals surface area contributed by atoms with Crippen LogP contribution in [0.1, 0.15) is 61.7 Å². The minimum Gasteiger partial charge on any atom is -0.356 e. The fraction of sp³-hybridized carbons (Fsp3) is 0.700. The summed E-state index contributed by atoms with van der Waals surface area (Å²) in [4.78, 5) is 14.1. The molecule has 2 fully saturated rings. The maximum atomic E-state index is 4.69. The zero-order chi connectivity index (χ0) is 18.8. The molecular formula is C20H31N7. The summed E-state index contributed by atoms with van der Waals surface area (Å²) in [6.07, 6.45) is 5.87. The molecule has 2 aliphatic heterocycles. The van der Waals surface area contributed by atoms with Crippen LogP contribution in [0.2, 0.25) is 0 Å². The van der Waals surface area contributed by atoms with Crippen LogP contribution in [0.3, 0.4) is 0 Å². The molecule has 0 aliphatic carbocycles. The van der Waals surface area contributed by atoms with Gasteiger partial charge in [0, 0.05) is 37.8 Å². The Kier molecular flexibility index (Phi) is 5.38. The third-order valence-electron chi connectivity index (χ3n) is 5.91. The molecule has 0 unspecified atom stereocenters. The van der Waals surface area contributed by atoms with Crippen LogP contribution in [-0.2, 0) is 20.0 Å². The molecule has 0 spiro atoms. The number of aryl methyl sites for hydroxylation is 2. The third-order valence-corrected chi connectivity index (χ3v) is 5.91. The van der Waals surface area contributed by atoms with Gasteiger partial charge in [0.05, 0.1) is 6.54 Å². The largest absolute Gasteiger partial charge is 0.356 e. The first-order valence-electron chi connectivity index (χ1n) is 10.3. The molecule has 146 valence electrons. The molecule has 7 heteroatoms. The minimum absolute atomic E-state index is 0.406. The van der Waals surface area contributed by atoms with Gasteiger partial charge in [-0.25, -0.2) is 9.97 Å². The standard InChI is InChI=1S/C20H31N7/c1-4-17-12-18(22-15(2)21-17)27-11-7-8-16(13-27)20-24-23-19(25(20)3)14-26-9-5-6-10-26/h12,16H,4-11,13-14H2,1-3H3/t16-/m1/s1. The van der Waals surface area contributed by atoms with Gasteiger partial charge < -0.3 is 9.47 Å². The number of rotatable bonds is 5. The molecule has 7 nitrogen and oxygen atoms in total. The van der Waals surface area contributed by atoms with Crippen molar-refractivity contribution in [2.24, 2.45) is 7.05 Å². The number of nitrogens with zero attached hydrogens (tertiary/aromatic N) is 7. The van der Waals surface area contributed by atoms with Crippen molar-refractivity contribution in [3.05, 3.63) is 29.2 Å². The van der Waals surface area contributed by atoms with Crippen LogP contribution in [0.4, 0.5) is 5.82 Å². The number of likely N-dealkylation sites (tertiary alicyclic amines) is 1. The van der Waals surface area contributed by atoms with E-state index in [9.17, 15) is 0 Å². The fourth-order valence-corrected chi connectivity index (χ4v) is 4.36. The lowest BCUT2D eigenvalue weighted by atomic mass is 9.97. The Labute approximate surface area is 161 Å². The molecule has 4 heterocycles. The monoisotopic (exact) mass is 369 g/mol. The molecular weight excluding hydrogens is 338 g/mol. The van der Waals surface area contributed by atoms with Crippen molar-refractivity contribution in [2.75, 3.05) is 31.1 Å². The first-order chi connectivity index (χ1) is 13.1. The van der Waals surface area contributed by atoms with Gasteiger partial charge in [-0.15, -0.1) is 10.2 Å². The summed E-state index contributed by atoms with van der Waals surface area (Å²) in [6, 6.07) is 2.14. The highest BCUT2D eigenvalue weighted by Gasteiger charge is 2.27. The number of anilines is 1. The van der Waals surface area contributed by atoms with Crippen LogP contribution >= 0.6 is 0 Å². The topological polar surface area (TPSA) is 63.0 Å². The number of hydrogen-bond acceptors (Lipinski definition) is 6. The van der Waals surface area contributed by atoms with E-state index in [-0.39, 0.29) is 0 Å². The second kappa shape index (κ2) is 7.92. The maximum absolute atomic E-state index is 4.69. The molecule has 0 aromatic carbocycles. The molecule has 1 atom stereocenters. The summed E-state index contributed by atoms with van der Waals surface area (Å²) in [5.41, 5.74) is 1.12. The Bertz CT molecular complexity index is 779. The molecule has 0 N–H and O–H groups in total. The van der Waals surface area contributed by atoms with Crippen LogP contribution in [0.15, 0.2) is 6.07 Å². The van der Waals surface area contributed by atoms with Gasteiger partial charge in [-0.3, -0.25) is 4.90 Å². The third kappa shape index (κ3) is 3.98. The molecule has 0 bridgehead atoms. The lowest BCUT2D eigenvalue weighted by molar-refractivity contribution is 0.317. The first-order valence-corrected chi connectivity index (χ1v) is 10.3. The van der Waals surface area contributed by atoms with Crippen LogP contribution < -0.4 is 4.90 Å². The van der Waals surface area contributed by atoms with E-state index in [2.05, 4.69) is 49.6 Å². The van der Waals surface area contributed by atoms with E-state index in [1.54, 1.807) is 0 Å². The van der Waals surface area contributed by atoms with Gasteiger partial charge in [0.25, 0.3) is 0 Å². The van der Waals surface area contributed by atoms with Crippen molar-refractivity contribution in [2.45, 2.75) is 58.4 Å². The van der Waals surface area contributed by atoms with Crippen LogP contribution in [0.5, 0.6) is 0 Å². The van der Waals surface area contributed by atoms with Crippen molar-refractivity contribution in [1.82, 2.24) is 29.6 Å². The van der Waals surface area contributed by atoms with Crippen molar-refractivity contribution < 1.29 is 0 Å². The Hall–Kier alpha value is -2.02. The van der Waals surface area contributed by atoms with E-state index in [0.717, 1.165) is 67.9 Å². The van der Waals surface area contributed by atoms with Crippen LogP contribution in [0, 0.1) is 6.92 Å². The maximum Gasteiger partial charge on any atom is 0.146 e. The Morgan fingerprint density at radius 3 is 2.67 bits per heavy atom. The summed E-state index contributed by atoms with van der Waals surface area (Å²) < 4.78 is 2.23. The average Bonchev–Trinajstić information content (AvgIpc) is 3.32. The smallest absolute Gasteiger partial charge is 0.146 e. The van der Waals surface area contributed by atoms with Crippen LogP contribution in [-0.4, -0.2) is 55.8 Å². The second-order valence-corrected chi connectivity index (χ2v) is 7.92. The predicted molar refractivity (Wildman–Crippen MR) is 106 cm³/mol. The highest BCUT2D eigenvalue weighted by atomic mass is 15.3. The molecule has 2 saturated heterocycles. The van der Waals surface area contributed by atoms with E-state index in [1.165, 1.54) is 25.9 Å². The van der Waals surface area contributed by atoms with Crippen molar-refractivity contribution in [3.63, 3.8) is 0 Å². The van der Waals surface area contributed by atoms with Crippen molar-refractivity contribution >= 4 is 5.82 Å². The SMILES string of the molecule is CCc1cc(N2CCC[C@@H](c3nnc(CN4CCCC4)n3C)C2)nc(C)n1. The Balaban J connectivity index is 1.50. The number of hydrogen-bond donors (Lipinski definition) is 0. The molecule has 0 saturated carbocycles. The minimum atomic E-state index is 0.406. The van der Waals surface area contributed by atoms with Gasteiger partial charge in [-0.2, -0.15) is 0 Å². The first kappa shape index (κ1) is 18.3. The van der Waals surface area contributed by atoms with Gasteiger partial charge in [0.2, 0.25) is 0 Å². The normalized spacial score (nSPS) is 21.1. The highest BCUT2D eigenvalue weighted by molar-refractivity contribution is 5.41. The summed E-state index contributed by atoms with van der Waals surface area (Å²) in [7, 11) is 2.13. The van der Waals surface area contributed by atoms with Gasteiger partial charge in [-0.05, 0) is 52.1 Å². The number of piperidine rings is 1. The summed E-state index contributed by atoms with van der Waals surface area (Å²) in [5.74, 6) is 4.54. The molecule has 2 aromatic rings. The predicted octanol–water partition coefficient (Wildman–Crippen LogP) is 2.46. The van der Waals surface area contributed by atoms with Crippen LogP contribution in [0.25, 0.3) is 0 Å². The van der Waals surface area contributed by atoms with E-state index in [0.29, 0.717) is 5.92 Å². The summed E-state index contributed by atoms with van der Waals surface area (Å²) in [5, 5.41) is 9.11. The molecule has 0 radical (unpaired) electrons. The van der Waals surface area contributed by atoms with E-state index in [4.69, 9.17) is 4.98 Å². The van der Waals surface area contributed by atoms with E-state index in [1.807, 2.05) is 6.92 Å². The van der Waals surface area contributed by atoms with Gasteiger partial charge in [0.15, 0.2) is 0 Å². The number of aromatic nitrogens is 5. The lowest BCUT2D eigenvalue weighted by Crippen LogP contribution is -2.36. The highest BCUT2D eigenvalue weighted by Crippen LogP contribution is 2.29. The zero-order valence-electron chi connectivity index (χ0n) is 16.9. The molecule has 27 heavy (non-hydrogen) atoms. The average molecular weight is 370 g/mol. The summed E-state index contributed by atoms with van der Waals surface area (Å²) in [6.45, 7) is 9.43. The van der Waals surface area contributed by atoms with E-state index >= 15 is 0 Å². The summed E-state index contributed by atoms with van der Waals surface area (Å²) >= 11 is 0. The quantitative estimate of drug-likeness (QED) is 0.807.